The highest BCUT2D eigenvalue weighted by molar-refractivity contribution is 7.81. The van der Waals surface area contributed by atoms with E-state index in [1.54, 1.807) is 18.3 Å². The van der Waals surface area contributed by atoms with Crippen LogP contribution in [-0.2, 0) is 0 Å². The van der Waals surface area contributed by atoms with Crippen molar-refractivity contribution in [3.63, 3.8) is 0 Å². The molecule has 5 nitrogen and oxygen atoms in total. The van der Waals surface area contributed by atoms with Crippen molar-refractivity contribution in [1.29, 1.82) is 0 Å². The van der Waals surface area contributed by atoms with E-state index in [9.17, 15) is 4.79 Å². The minimum Gasteiger partial charge on any atom is -0.369 e. The average molecular weight is 288 g/mol. The molecule has 0 bridgehead atoms. The molecule has 0 radical (unpaired) electrons. The number of pyridine rings is 1. The monoisotopic (exact) mass is 288 g/mol. The zero-order valence-electron chi connectivity index (χ0n) is 11.2. The van der Waals surface area contributed by atoms with Crippen molar-refractivity contribution < 1.29 is 0 Å². The number of nitrogens with zero attached hydrogens (tertiary/aromatic N) is 3. The maximum atomic E-state index is 12.3. The van der Waals surface area contributed by atoms with Gasteiger partial charge in [-0.25, -0.2) is 0 Å². The second-order valence-corrected chi connectivity index (χ2v) is 5.78. The number of aromatic nitrogens is 3. The molecule has 1 atom stereocenters. The van der Waals surface area contributed by atoms with Crippen LogP contribution in [0.5, 0.6) is 0 Å². The molecule has 1 N–H and O–H groups in total. The molecule has 2 heterocycles. The molecule has 104 valence electrons. The molecule has 2 aromatic rings. The SMILES string of the molecule is CC(S)Nc1cccn(-c2ccc(C3CC3)nn2)c1=O. The van der Waals surface area contributed by atoms with Crippen LogP contribution in [0.2, 0.25) is 0 Å². The smallest absolute Gasteiger partial charge is 0.279 e. The molecule has 6 heteroatoms. The van der Waals surface area contributed by atoms with Gasteiger partial charge in [-0.15, -0.1) is 5.10 Å². The van der Waals surface area contributed by atoms with E-state index in [0.29, 0.717) is 17.4 Å². The summed E-state index contributed by atoms with van der Waals surface area (Å²) in [5.41, 5.74) is 1.37. The predicted molar refractivity (Wildman–Crippen MR) is 81.7 cm³/mol. The quantitative estimate of drug-likeness (QED) is 0.669. The Hall–Kier alpha value is -1.82. The first-order valence-corrected chi connectivity index (χ1v) is 7.17. The molecule has 0 saturated heterocycles. The highest BCUT2D eigenvalue weighted by Crippen LogP contribution is 2.38. The average Bonchev–Trinajstić information content (AvgIpc) is 3.25. The van der Waals surface area contributed by atoms with Gasteiger partial charge in [0.25, 0.3) is 5.56 Å². The molecule has 1 aliphatic carbocycles. The van der Waals surface area contributed by atoms with Crippen LogP contribution in [0.3, 0.4) is 0 Å². The number of rotatable bonds is 4. The van der Waals surface area contributed by atoms with Crippen molar-refractivity contribution >= 4 is 18.3 Å². The van der Waals surface area contributed by atoms with Gasteiger partial charge in [0, 0.05) is 12.1 Å². The van der Waals surface area contributed by atoms with Crippen molar-refractivity contribution in [2.24, 2.45) is 0 Å². The van der Waals surface area contributed by atoms with Gasteiger partial charge in [-0.2, -0.15) is 17.7 Å². The fraction of sp³-hybridized carbons (Fsp3) is 0.357. The second kappa shape index (κ2) is 5.28. The molecule has 0 amide bonds. The largest absolute Gasteiger partial charge is 0.369 e. The number of hydrogen-bond acceptors (Lipinski definition) is 5. The minimum absolute atomic E-state index is 0.0955. The van der Waals surface area contributed by atoms with E-state index in [1.807, 2.05) is 19.1 Å². The zero-order valence-corrected chi connectivity index (χ0v) is 12.0. The van der Waals surface area contributed by atoms with Crippen molar-refractivity contribution in [2.75, 3.05) is 5.32 Å². The van der Waals surface area contributed by atoms with E-state index in [1.165, 1.54) is 17.4 Å². The first kappa shape index (κ1) is 13.2. The van der Waals surface area contributed by atoms with E-state index in [-0.39, 0.29) is 10.9 Å². The van der Waals surface area contributed by atoms with E-state index in [4.69, 9.17) is 0 Å². The third-order valence-corrected chi connectivity index (χ3v) is 3.35. The van der Waals surface area contributed by atoms with E-state index in [0.717, 1.165) is 5.69 Å². The van der Waals surface area contributed by atoms with Gasteiger partial charge in [0.05, 0.1) is 11.1 Å². The van der Waals surface area contributed by atoms with Crippen LogP contribution in [0.4, 0.5) is 5.69 Å². The van der Waals surface area contributed by atoms with E-state index >= 15 is 0 Å². The van der Waals surface area contributed by atoms with Crippen LogP contribution in [-0.4, -0.2) is 20.1 Å². The highest BCUT2D eigenvalue weighted by Gasteiger charge is 2.25. The van der Waals surface area contributed by atoms with Gasteiger partial charge in [0.2, 0.25) is 0 Å². The third kappa shape index (κ3) is 2.70. The van der Waals surface area contributed by atoms with Gasteiger partial charge in [-0.1, -0.05) is 0 Å². The van der Waals surface area contributed by atoms with E-state index < -0.39 is 0 Å². The maximum absolute atomic E-state index is 12.3. The molecule has 0 aliphatic heterocycles. The third-order valence-electron chi connectivity index (χ3n) is 3.23. The maximum Gasteiger partial charge on any atom is 0.279 e. The van der Waals surface area contributed by atoms with Crippen LogP contribution < -0.4 is 10.9 Å². The van der Waals surface area contributed by atoms with Crippen LogP contribution in [0.15, 0.2) is 35.3 Å². The van der Waals surface area contributed by atoms with Gasteiger partial charge in [0.15, 0.2) is 5.82 Å². The first-order valence-electron chi connectivity index (χ1n) is 6.65. The molecule has 20 heavy (non-hydrogen) atoms. The molecule has 0 aromatic carbocycles. The molecule has 1 unspecified atom stereocenters. The number of nitrogens with one attached hydrogen (secondary N) is 1. The lowest BCUT2D eigenvalue weighted by Crippen LogP contribution is -2.24. The lowest BCUT2D eigenvalue weighted by Gasteiger charge is -2.11. The first-order chi connectivity index (χ1) is 9.65. The molecule has 1 fully saturated rings. The Morgan fingerprint density at radius 3 is 2.75 bits per heavy atom. The minimum atomic E-state index is -0.151. The summed E-state index contributed by atoms with van der Waals surface area (Å²) in [6, 6.07) is 7.33. The van der Waals surface area contributed by atoms with Crippen LogP contribution in [0, 0.1) is 0 Å². The van der Waals surface area contributed by atoms with Gasteiger partial charge in [0.1, 0.15) is 5.69 Å². The van der Waals surface area contributed by atoms with Crippen molar-refractivity contribution in [1.82, 2.24) is 14.8 Å². The molecule has 3 rings (SSSR count). The zero-order chi connectivity index (χ0) is 14.1. The summed E-state index contributed by atoms with van der Waals surface area (Å²) in [6.07, 6.45) is 4.07. The van der Waals surface area contributed by atoms with Gasteiger partial charge in [-0.05, 0) is 44.0 Å². The fourth-order valence-electron chi connectivity index (χ4n) is 2.07. The Labute approximate surface area is 122 Å². The van der Waals surface area contributed by atoms with Gasteiger partial charge in [-0.3, -0.25) is 9.36 Å². The van der Waals surface area contributed by atoms with Crippen LogP contribution in [0.1, 0.15) is 31.4 Å². The van der Waals surface area contributed by atoms with Crippen LogP contribution >= 0.6 is 12.6 Å². The van der Waals surface area contributed by atoms with Crippen molar-refractivity contribution in [3.8, 4) is 5.82 Å². The summed E-state index contributed by atoms with van der Waals surface area (Å²) in [7, 11) is 0. The standard InChI is InChI=1S/C14H16N4OS/c1-9(20)15-12-3-2-8-18(14(12)19)13-7-6-11(16-17-13)10-4-5-10/h2-3,6-10,15,20H,4-5H2,1H3. The Morgan fingerprint density at radius 2 is 2.15 bits per heavy atom. The van der Waals surface area contributed by atoms with Crippen molar-refractivity contribution in [3.05, 3.63) is 46.5 Å². The summed E-state index contributed by atoms with van der Waals surface area (Å²) in [6.45, 7) is 1.87. The Balaban J connectivity index is 1.94. The fourth-order valence-corrected chi connectivity index (χ4v) is 2.21. The van der Waals surface area contributed by atoms with Crippen molar-refractivity contribution in [2.45, 2.75) is 31.1 Å². The Bertz CT molecular complexity index is 662. The lowest BCUT2D eigenvalue weighted by atomic mass is 10.3. The molecule has 2 aromatic heterocycles. The molecule has 1 saturated carbocycles. The van der Waals surface area contributed by atoms with E-state index in [2.05, 4.69) is 28.1 Å². The second-order valence-electron chi connectivity index (χ2n) is 5.01. The topological polar surface area (TPSA) is 59.8 Å². The Morgan fingerprint density at radius 1 is 1.35 bits per heavy atom. The molecular formula is C14H16N4OS. The highest BCUT2D eigenvalue weighted by atomic mass is 32.1. The number of anilines is 1. The summed E-state index contributed by atoms with van der Waals surface area (Å²) < 4.78 is 1.49. The molecular weight excluding hydrogens is 272 g/mol. The normalized spacial score (nSPS) is 15.9. The number of thiol groups is 1. The van der Waals surface area contributed by atoms with Gasteiger partial charge >= 0.3 is 0 Å². The summed E-state index contributed by atoms with van der Waals surface area (Å²) in [5.74, 6) is 1.10. The summed E-state index contributed by atoms with van der Waals surface area (Å²) in [5, 5.41) is 11.3. The Kier molecular flexibility index (Phi) is 3.48. The molecule has 1 aliphatic rings. The van der Waals surface area contributed by atoms with Crippen LogP contribution in [0.25, 0.3) is 5.82 Å². The van der Waals surface area contributed by atoms with Gasteiger partial charge < -0.3 is 5.32 Å². The lowest BCUT2D eigenvalue weighted by molar-refractivity contribution is 0.841. The number of hydrogen-bond donors (Lipinski definition) is 2. The predicted octanol–water partition coefficient (Wildman–Crippen LogP) is 2.19. The summed E-state index contributed by atoms with van der Waals surface area (Å²) in [4.78, 5) is 12.3. The summed E-state index contributed by atoms with van der Waals surface area (Å²) >= 11 is 4.23. The molecule has 0 spiro atoms.